The predicted octanol–water partition coefficient (Wildman–Crippen LogP) is 2.78. The largest absolute Gasteiger partial charge is 0.508 e. The second-order valence-corrected chi connectivity index (χ2v) is 6.13. The molecular formula is C19H16N4O3. The van der Waals surface area contributed by atoms with Gasteiger partial charge in [0, 0.05) is 11.7 Å². The molecule has 0 saturated heterocycles. The van der Waals surface area contributed by atoms with Crippen LogP contribution in [0.2, 0.25) is 0 Å². The maximum atomic E-state index is 12.0. The quantitative estimate of drug-likeness (QED) is 0.413. The Bertz CT molecular complexity index is 1170. The Morgan fingerprint density at radius 2 is 1.88 bits per heavy atom. The van der Waals surface area contributed by atoms with Gasteiger partial charge in [0.2, 0.25) is 0 Å². The van der Waals surface area contributed by atoms with Crippen LogP contribution in [0.15, 0.2) is 58.4 Å². The number of phenols is 1. The third-order valence-electron chi connectivity index (χ3n) is 4.33. The van der Waals surface area contributed by atoms with Crippen molar-refractivity contribution in [2.24, 2.45) is 0 Å². The Balaban J connectivity index is 1.59. The number of aromatic amines is 1. The van der Waals surface area contributed by atoms with Crippen molar-refractivity contribution < 1.29 is 5.11 Å². The maximum absolute atomic E-state index is 12.0. The first-order chi connectivity index (χ1) is 12.5. The number of aromatic hydroxyl groups is 1. The van der Waals surface area contributed by atoms with Crippen molar-refractivity contribution in [3.63, 3.8) is 0 Å². The lowest BCUT2D eigenvalue weighted by Gasteiger charge is -2.20. The van der Waals surface area contributed by atoms with E-state index >= 15 is 0 Å². The van der Waals surface area contributed by atoms with Crippen molar-refractivity contribution in [2.75, 3.05) is 10.6 Å². The van der Waals surface area contributed by atoms with Gasteiger partial charge in [-0.15, -0.1) is 0 Å². The van der Waals surface area contributed by atoms with Gasteiger partial charge in [-0.1, -0.05) is 12.1 Å². The monoisotopic (exact) mass is 348 g/mol. The minimum Gasteiger partial charge on any atom is -0.508 e. The molecule has 7 nitrogen and oxygen atoms in total. The zero-order valence-electron chi connectivity index (χ0n) is 13.9. The molecule has 26 heavy (non-hydrogen) atoms. The Kier molecular flexibility index (Phi) is 3.69. The van der Waals surface area contributed by atoms with Gasteiger partial charge in [0.05, 0.1) is 17.4 Å². The fourth-order valence-electron chi connectivity index (χ4n) is 2.90. The number of H-pyrrole nitrogens is 1. The lowest BCUT2D eigenvalue weighted by Crippen LogP contribution is -2.37. The van der Waals surface area contributed by atoms with Crippen LogP contribution in [-0.2, 0) is 0 Å². The molecule has 0 aliphatic carbocycles. The fourth-order valence-corrected chi connectivity index (χ4v) is 2.90. The first-order valence-electron chi connectivity index (χ1n) is 8.12. The molecule has 1 aromatic heterocycles. The van der Waals surface area contributed by atoms with Crippen molar-refractivity contribution in [3.8, 4) is 5.75 Å². The average molecular weight is 348 g/mol. The summed E-state index contributed by atoms with van der Waals surface area (Å²) >= 11 is 0. The summed E-state index contributed by atoms with van der Waals surface area (Å²) in [7, 11) is 0. The van der Waals surface area contributed by atoms with Gasteiger partial charge in [-0.25, -0.2) is 4.98 Å². The van der Waals surface area contributed by atoms with Gasteiger partial charge in [-0.2, -0.15) is 0 Å². The summed E-state index contributed by atoms with van der Waals surface area (Å²) < 4.78 is 0. The lowest BCUT2D eigenvalue weighted by atomic mass is 10.1. The Morgan fingerprint density at radius 1 is 1.08 bits per heavy atom. The maximum Gasteiger partial charge on any atom is 0.253 e. The summed E-state index contributed by atoms with van der Waals surface area (Å²) in [6.45, 7) is 1.85. The molecule has 130 valence electrons. The molecule has 7 heteroatoms. The summed E-state index contributed by atoms with van der Waals surface area (Å²) in [6, 6.07) is 11.9. The first kappa shape index (κ1) is 15.9. The number of aromatic nitrogens is 2. The van der Waals surface area contributed by atoms with Gasteiger partial charge in [0.25, 0.3) is 10.9 Å². The lowest BCUT2D eigenvalue weighted by molar-refractivity contribution is 0.474. The molecule has 0 aliphatic heterocycles. The van der Waals surface area contributed by atoms with E-state index in [1.807, 2.05) is 19.1 Å². The number of phenolic OH excluding ortho intramolecular Hbond substituents is 1. The van der Waals surface area contributed by atoms with Crippen molar-refractivity contribution in [1.82, 2.24) is 9.97 Å². The van der Waals surface area contributed by atoms with Gasteiger partial charge in [0.15, 0.2) is 0 Å². The van der Waals surface area contributed by atoms with Crippen LogP contribution in [0.1, 0.15) is 18.5 Å². The molecule has 1 heterocycles. The number of hydrogen-bond acceptors (Lipinski definition) is 6. The van der Waals surface area contributed by atoms with Gasteiger partial charge >= 0.3 is 0 Å². The van der Waals surface area contributed by atoms with Crippen molar-refractivity contribution in [3.05, 3.63) is 74.8 Å². The summed E-state index contributed by atoms with van der Waals surface area (Å²) in [4.78, 5) is 31.2. The summed E-state index contributed by atoms with van der Waals surface area (Å²) in [6.07, 6.45) is 1.59. The number of imidazole rings is 1. The van der Waals surface area contributed by atoms with Crippen LogP contribution in [0.4, 0.5) is 17.1 Å². The number of nitrogens with zero attached hydrogens (tertiary/aromatic N) is 1. The number of nitrogens with one attached hydrogen (secondary N) is 3. The highest BCUT2D eigenvalue weighted by molar-refractivity contribution is 5.84. The molecule has 0 saturated carbocycles. The fraction of sp³-hybridized carbons (Fsp3) is 0.105. The van der Waals surface area contributed by atoms with Crippen molar-refractivity contribution in [2.45, 2.75) is 13.0 Å². The van der Waals surface area contributed by atoms with Crippen LogP contribution >= 0.6 is 0 Å². The predicted molar refractivity (Wildman–Crippen MR) is 101 cm³/mol. The molecule has 0 unspecified atom stereocenters. The number of rotatable bonds is 5. The first-order valence-corrected chi connectivity index (χ1v) is 8.12. The topological polar surface area (TPSA) is 107 Å². The molecule has 0 fully saturated rings. The van der Waals surface area contributed by atoms with E-state index in [1.54, 1.807) is 36.7 Å². The van der Waals surface area contributed by atoms with Crippen LogP contribution in [0.25, 0.3) is 11.0 Å². The van der Waals surface area contributed by atoms with Crippen LogP contribution < -0.4 is 21.5 Å². The number of fused-ring (bicyclic) bond motifs is 1. The van der Waals surface area contributed by atoms with E-state index in [9.17, 15) is 14.7 Å². The van der Waals surface area contributed by atoms with E-state index in [0.717, 1.165) is 16.6 Å². The normalized spacial score (nSPS) is 12.3. The molecule has 4 aromatic rings. The number of benzene rings is 2. The summed E-state index contributed by atoms with van der Waals surface area (Å²) in [5.41, 5.74) is 2.49. The third-order valence-corrected chi connectivity index (χ3v) is 4.33. The van der Waals surface area contributed by atoms with Crippen LogP contribution in [0, 0.1) is 0 Å². The van der Waals surface area contributed by atoms with E-state index in [2.05, 4.69) is 20.6 Å². The summed E-state index contributed by atoms with van der Waals surface area (Å²) in [5.74, 6) is 0.145. The van der Waals surface area contributed by atoms with E-state index in [-0.39, 0.29) is 23.2 Å². The molecule has 0 bridgehead atoms. The highest BCUT2D eigenvalue weighted by atomic mass is 16.3. The highest BCUT2D eigenvalue weighted by Crippen LogP contribution is 2.27. The Hall–Kier alpha value is -3.61. The molecule has 0 amide bonds. The number of hydrogen-bond donors (Lipinski definition) is 4. The third kappa shape index (κ3) is 2.69. The minimum atomic E-state index is -0.558. The average Bonchev–Trinajstić information content (AvgIpc) is 3.11. The zero-order chi connectivity index (χ0) is 18.3. The van der Waals surface area contributed by atoms with Crippen molar-refractivity contribution >= 4 is 28.1 Å². The van der Waals surface area contributed by atoms with E-state index in [4.69, 9.17) is 0 Å². The molecule has 1 atom stereocenters. The van der Waals surface area contributed by atoms with Crippen LogP contribution in [0.3, 0.4) is 0 Å². The van der Waals surface area contributed by atoms with Crippen LogP contribution in [0.5, 0.6) is 5.75 Å². The highest BCUT2D eigenvalue weighted by Gasteiger charge is 2.23. The van der Waals surface area contributed by atoms with E-state index < -0.39 is 10.9 Å². The molecule has 0 radical (unpaired) electrons. The molecule has 4 rings (SSSR count). The molecule has 0 spiro atoms. The smallest absolute Gasteiger partial charge is 0.253 e. The molecule has 4 N–H and O–H groups in total. The molecule has 0 aliphatic rings. The van der Waals surface area contributed by atoms with E-state index in [0.29, 0.717) is 5.69 Å². The minimum absolute atomic E-state index is 0.145. The second-order valence-electron chi connectivity index (χ2n) is 6.13. The standard InChI is InChI=1S/C19H16N4O3/c1-10(11-3-2-4-13(24)7-11)22-16-17(19(26)18(16)25)23-12-5-6-14-15(8-12)21-9-20-14/h2-10,22-24H,1H3,(H,20,21)/t10-/m1/s1. The molecule has 3 aromatic carbocycles. The number of anilines is 3. The summed E-state index contributed by atoms with van der Waals surface area (Å²) in [5, 5.41) is 15.7. The SMILES string of the molecule is C[C@@H](Nc1c(Nc2ccc3[nH]cnc3c2)c(=O)c1=O)c1cccc(O)c1. The second kappa shape index (κ2) is 6.03. The van der Waals surface area contributed by atoms with Gasteiger partial charge in [0.1, 0.15) is 17.1 Å². The zero-order valence-corrected chi connectivity index (χ0v) is 13.9. The van der Waals surface area contributed by atoms with Gasteiger partial charge in [-0.05, 0) is 42.8 Å². The van der Waals surface area contributed by atoms with Gasteiger partial charge < -0.3 is 20.7 Å². The van der Waals surface area contributed by atoms with Gasteiger partial charge in [-0.3, -0.25) is 9.59 Å². The van der Waals surface area contributed by atoms with E-state index in [1.165, 1.54) is 0 Å². The Labute approximate surface area is 148 Å². The van der Waals surface area contributed by atoms with Crippen LogP contribution in [-0.4, -0.2) is 15.1 Å². The molecular weight excluding hydrogens is 332 g/mol. The van der Waals surface area contributed by atoms with Crippen molar-refractivity contribution in [1.29, 1.82) is 0 Å². The Morgan fingerprint density at radius 3 is 2.69 bits per heavy atom.